The highest BCUT2D eigenvalue weighted by Crippen LogP contribution is 2.35. The fourth-order valence-corrected chi connectivity index (χ4v) is 5.52. The molecule has 128 valence electrons. The maximum atomic E-state index is 12.9. The van der Waals surface area contributed by atoms with Crippen LogP contribution in [0.2, 0.25) is 0 Å². The molecule has 1 unspecified atom stereocenters. The van der Waals surface area contributed by atoms with Crippen LogP contribution in [0.15, 0.2) is 48.5 Å². The second kappa shape index (κ2) is 5.56. The monoisotopic (exact) mass is 353 g/mol. The number of carbonyl (C=O) groups excluding carboxylic acids is 1. The van der Waals surface area contributed by atoms with Gasteiger partial charge in [-0.2, -0.15) is 0 Å². The summed E-state index contributed by atoms with van der Waals surface area (Å²) in [7, 11) is -3.57. The molecule has 3 aromatic rings. The smallest absolute Gasteiger partial charge is 0.199 e. The third-order valence-electron chi connectivity index (χ3n) is 5.06. The van der Waals surface area contributed by atoms with Crippen LogP contribution in [-0.2, 0) is 22.1 Å². The standard InChI is InChI=1S/C20H19NO3S/c1-13-7-6-10-16-14(2)19-20(22)17(11-21(19)18(13)16)25(23,24)12-15-8-4-3-5-9-15/h3-10,17H,11-12H2,1-2H3. The van der Waals surface area contributed by atoms with Crippen molar-refractivity contribution in [3.63, 3.8) is 0 Å². The van der Waals surface area contributed by atoms with E-state index in [0.29, 0.717) is 11.3 Å². The summed E-state index contributed by atoms with van der Waals surface area (Å²) >= 11 is 0. The zero-order chi connectivity index (χ0) is 17.8. The molecule has 4 nitrogen and oxygen atoms in total. The molecule has 0 saturated heterocycles. The number of sulfone groups is 1. The van der Waals surface area contributed by atoms with E-state index in [1.165, 1.54) is 0 Å². The van der Waals surface area contributed by atoms with E-state index in [1.807, 2.05) is 54.8 Å². The number of aromatic nitrogens is 1. The topological polar surface area (TPSA) is 56.1 Å². The Hall–Kier alpha value is -2.40. The van der Waals surface area contributed by atoms with Gasteiger partial charge in [0.25, 0.3) is 0 Å². The van der Waals surface area contributed by atoms with Crippen LogP contribution in [0.4, 0.5) is 0 Å². The van der Waals surface area contributed by atoms with Gasteiger partial charge in [0.05, 0.1) is 17.0 Å². The zero-order valence-corrected chi connectivity index (χ0v) is 15.0. The molecule has 0 amide bonds. The number of ketones is 1. The number of fused-ring (bicyclic) bond motifs is 3. The lowest BCUT2D eigenvalue weighted by molar-refractivity contribution is 0.0997. The largest absolute Gasteiger partial charge is 0.336 e. The van der Waals surface area contributed by atoms with Crippen LogP contribution in [0, 0.1) is 13.8 Å². The molecule has 1 aliphatic heterocycles. The molecule has 0 spiro atoms. The molecule has 2 heterocycles. The summed E-state index contributed by atoms with van der Waals surface area (Å²) in [4.78, 5) is 12.9. The van der Waals surface area contributed by atoms with E-state index < -0.39 is 15.1 Å². The molecule has 0 aliphatic carbocycles. The summed E-state index contributed by atoms with van der Waals surface area (Å²) in [5, 5.41) is 0.0349. The van der Waals surface area contributed by atoms with E-state index in [0.717, 1.165) is 22.0 Å². The normalized spacial score (nSPS) is 17.2. The fourth-order valence-electron chi connectivity index (χ4n) is 3.85. The molecule has 2 aromatic carbocycles. The Labute approximate surface area is 147 Å². The zero-order valence-electron chi connectivity index (χ0n) is 14.2. The minimum atomic E-state index is -3.57. The summed E-state index contributed by atoms with van der Waals surface area (Å²) in [6.07, 6.45) is 0. The van der Waals surface area contributed by atoms with Gasteiger partial charge in [0.1, 0.15) is 5.25 Å². The highest BCUT2D eigenvalue weighted by Gasteiger charge is 2.42. The maximum Gasteiger partial charge on any atom is 0.199 e. The Morgan fingerprint density at radius 1 is 1.04 bits per heavy atom. The molecule has 0 bridgehead atoms. The summed E-state index contributed by atoms with van der Waals surface area (Å²) in [5.41, 5.74) is 4.17. The Morgan fingerprint density at radius 2 is 1.76 bits per heavy atom. The number of hydrogen-bond donors (Lipinski definition) is 0. The van der Waals surface area contributed by atoms with Crippen molar-refractivity contribution in [3.8, 4) is 0 Å². The van der Waals surface area contributed by atoms with Gasteiger partial charge >= 0.3 is 0 Å². The molecule has 0 saturated carbocycles. The number of Topliss-reactive ketones (excluding diaryl/α,β-unsaturated/α-hetero) is 1. The summed E-state index contributed by atoms with van der Waals surface area (Å²) in [6, 6.07) is 15.0. The Kier molecular flexibility index (Phi) is 3.58. The SMILES string of the molecule is Cc1c2n(c3c(C)cccc13)CC(S(=O)(=O)Cc1ccccc1)C2=O. The van der Waals surface area contributed by atoms with Gasteiger partial charge in [0, 0.05) is 11.9 Å². The van der Waals surface area contributed by atoms with Crippen LogP contribution < -0.4 is 0 Å². The van der Waals surface area contributed by atoms with Gasteiger partial charge in [0.15, 0.2) is 15.6 Å². The lowest BCUT2D eigenvalue weighted by atomic mass is 10.1. The number of benzene rings is 2. The van der Waals surface area contributed by atoms with Crippen molar-refractivity contribution in [2.24, 2.45) is 0 Å². The van der Waals surface area contributed by atoms with Crippen molar-refractivity contribution in [1.29, 1.82) is 0 Å². The van der Waals surface area contributed by atoms with E-state index in [-0.39, 0.29) is 18.1 Å². The number of aryl methyl sites for hydroxylation is 2. The van der Waals surface area contributed by atoms with Crippen molar-refractivity contribution >= 4 is 26.5 Å². The van der Waals surface area contributed by atoms with Gasteiger partial charge < -0.3 is 4.57 Å². The second-order valence-corrected chi connectivity index (χ2v) is 8.88. The molecular weight excluding hydrogens is 334 g/mol. The van der Waals surface area contributed by atoms with Crippen LogP contribution in [0.5, 0.6) is 0 Å². The number of rotatable bonds is 3. The summed E-state index contributed by atoms with van der Waals surface area (Å²) in [5.74, 6) is -0.380. The first-order chi connectivity index (χ1) is 11.9. The molecule has 4 rings (SSSR count). The molecule has 1 aliphatic rings. The second-order valence-electron chi connectivity index (χ2n) is 6.70. The van der Waals surface area contributed by atoms with Gasteiger partial charge in [-0.3, -0.25) is 4.79 Å². The average Bonchev–Trinajstić information content (AvgIpc) is 3.06. The lowest BCUT2D eigenvalue weighted by Crippen LogP contribution is -2.29. The predicted molar refractivity (Wildman–Crippen MR) is 98.6 cm³/mol. The minimum Gasteiger partial charge on any atom is -0.336 e. The van der Waals surface area contributed by atoms with Gasteiger partial charge in [-0.05, 0) is 30.5 Å². The highest BCUT2D eigenvalue weighted by molar-refractivity contribution is 7.92. The number of hydrogen-bond acceptors (Lipinski definition) is 3. The van der Waals surface area contributed by atoms with Crippen LogP contribution in [0.25, 0.3) is 10.9 Å². The Morgan fingerprint density at radius 3 is 2.48 bits per heavy atom. The Balaban J connectivity index is 1.77. The third-order valence-corrected chi connectivity index (χ3v) is 7.02. The van der Waals surface area contributed by atoms with Gasteiger partial charge in [-0.1, -0.05) is 48.5 Å². The minimum absolute atomic E-state index is 0.106. The van der Waals surface area contributed by atoms with Crippen LogP contribution in [0.1, 0.15) is 27.2 Å². The van der Waals surface area contributed by atoms with Crippen LogP contribution >= 0.6 is 0 Å². The number of para-hydroxylation sites is 1. The van der Waals surface area contributed by atoms with Crippen molar-refractivity contribution in [2.45, 2.75) is 31.4 Å². The molecule has 0 N–H and O–H groups in total. The first-order valence-electron chi connectivity index (χ1n) is 8.28. The van der Waals surface area contributed by atoms with Crippen molar-refractivity contribution in [2.75, 3.05) is 0 Å². The van der Waals surface area contributed by atoms with E-state index in [2.05, 4.69) is 0 Å². The molecular formula is C20H19NO3S. The molecule has 1 atom stereocenters. The van der Waals surface area contributed by atoms with Gasteiger partial charge in [-0.15, -0.1) is 0 Å². The maximum absolute atomic E-state index is 12.9. The quantitative estimate of drug-likeness (QED) is 0.725. The lowest BCUT2D eigenvalue weighted by Gasteiger charge is -2.11. The van der Waals surface area contributed by atoms with Crippen molar-refractivity contribution in [1.82, 2.24) is 4.57 Å². The van der Waals surface area contributed by atoms with Crippen LogP contribution in [-0.4, -0.2) is 24.0 Å². The summed E-state index contributed by atoms with van der Waals surface area (Å²) in [6.45, 7) is 4.10. The molecule has 25 heavy (non-hydrogen) atoms. The fraction of sp³-hybridized carbons (Fsp3) is 0.250. The number of carbonyl (C=O) groups is 1. The Bertz CT molecular complexity index is 1090. The van der Waals surface area contributed by atoms with Crippen LogP contribution in [0.3, 0.4) is 0 Å². The first-order valence-corrected chi connectivity index (χ1v) is 10.00. The van der Waals surface area contributed by atoms with E-state index in [1.54, 1.807) is 12.1 Å². The average molecular weight is 353 g/mol. The highest BCUT2D eigenvalue weighted by atomic mass is 32.2. The van der Waals surface area contributed by atoms with Crippen molar-refractivity contribution in [3.05, 3.63) is 70.9 Å². The predicted octanol–water partition coefficient (Wildman–Crippen LogP) is 3.44. The first kappa shape index (κ1) is 16.1. The molecule has 0 fully saturated rings. The van der Waals surface area contributed by atoms with E-state index >= 15 is 0 Å². The van der Waals surface area contributed by atoms with Crippen molar-refractivity contribution < 1.29 is 13.2 Å². The third kappa shape index (κ3) is 2.42. The molecule has 5 heteroatoms. The summed E-state index contributed by atoms with van der Waals surface area (Å²) < 4.78 is 27.7. The van der Waals surface area contributed by atoms with E-state index in [4.69, 9.17) is 0 Å². The van der Waals surface area contributed by atoms with Gasteiger partial charge in [0.2, 0.25) is 0 Å². The van der Waals surface area contributed by atoms with Gasteiger partial charge in [-0.25, -0.2) is 8.42 Å². The molecule has 0 radical (unpaired) electrons. The number of nitrogens with zero attached hydrogens (tertiary/aromatic N) is 1. The molecule has 1 aromatic heterocycles. The van der Waals surface area contributed by atoms with E-state index in [9.17, 15) is 13.2 Å².